The van der Waals surface area contributed by atoms with E-state index in [1.165, 1.54) is 11.3 Å². The minimum absolute atomic E-state index is 0. The Hall–Kier alpha value is -0.970. The highest BCUT2D eigenvalue weighted by atomic mass is 35.5. The Kier molecular flexibility index (Phi) is 7.65. The van der Waals surface area contributed by atoms with Crippen LogP contribution in [0.2, 0.25) is 0 Å². The van der Waals surface area contributed by atoms with Crippen LogP contribution in [0.4, 0.5) is 5.69 Å². The van der Waals surface area contributed by atoms with E-state index >= 15 is 0 Å². The molecule has 0 aliphatic carbocycles. The third-order valence-electron chi connectivity index (χ3n) is 4.78. The lowest BCUT2D eigenvalue weighted by molar-refractivity contribution is -0.133. The monoisotopic (exact) mass is 359 g/mol. The number of fused-ring (bicyclic) bond motifs is 1. The number of nitrogens with zero attached hydrogens (tertiary/aromatic N) is 2. The fraction of sp³-hybridized carbons (Fsp3) is 0.588. The molecule has 2 aliphatic heterocycles. The van der Waals surface area contributed by atoms with Crippen molar-refractivity contribution in [1.82, 2.24) is 4.90 Å². The summed E-state index contributed by atoms with van der Waals surface area (Å²) in [5, 5.41) is 0. The van der Waals surface area contributed by atoms with Gasteiger partial charge in [-0.2, -0.15) is 0 Å². The van der Waals surface area contributed by atoms with Gasteiger partial charge < -0.3 is 15.5 Å². The zero-order valence-electron chi connectivity index (χ0n) is 13.6. The van der Waals surface area contributed by atoms with Crippen molar-refractivity contribution < 1.29 is 4.79 Å². The van der Waals surface area contributed by atoms with Crippen molar-refractivity contribution in [3.05, 3.63) is 29.8 Å². The molecule has 0 spiro atoms. The lowest BCUT2D eigenvalue weighted by Gasteiger charge is -2.35. The summed E-state index contributed by atoms with van der Waals surface area (Å²) >= 11 is 0. The standard InChI is InChI=1S/C17H25N3O.2ClH/c1-13(18)17(21)19-9-6-14(7-10-19)12-20-11-8-15-4-2-3-5-16(15)20;;/h2-5,13-14H,6-12,18H2,1H3;2*1H/t13-;;/m1../s1. The normalized spacial score (nSPS) is 18.7. The van der Waals surface area contributed by atoms with Crippen LogP contribution in [0.5, 0.6) is 0 Å². The van der Waals surface area contributed by atoms with Crippen molar-refractivity contribution in [2.75, 3.05) is 31.1 Å². The van der Waals surface area contributed by atoms with Crippen LogP contribution in [0.25, 0.3) is 0 Å². The summed E-state index contributed by atoms with van der Waals surface area (Å²) in [7, 11) is 0. The molecule has 0 unspecified atom stereocenters. The van der Waals surface area contributed by atoms with E-state index in [9.17, 15) is 4.79 Å². The molecule has 0 saturated carbocycles. The quantitative estimate of drug-likeness (QED) is 0.901. The van der Waals surface area contributed by atoms with Gasteiger partial charge in [-0.3, -0.25) is 4.79 Å². The first-order valence-corrected chi connectivity index (χ1v) is 8.02. The molecular formula is C17H27Cl2N3O. The predicted octanol–water partition coefficient (Wildman–Crippen LogP) is 2.48. The van der Waals surface area contributed by atoms with Gasteiger partial charge in [0.2, 0.25) is 5.91 Å². The summed E-state index contributed by atoms with van der Waals surface area (Å²) in [6.07, 6.45) is 3.35. The van der Waals surface area contributed by atoms with Gasteiger partial charge in [-0.1, -0.05) is 18.2 Å². The van der Waals surface area contributed by atoms with Crippen LogP contribution in [0, 0.1) is 5.92 Å². The fourth-order valence-corrected chi connectivity index (χ4v) is 3.53. The van der Waals surface area contributed by atoms with E-state index in [1.54, 1.807) is 6.92 Å². The predicted molar refractivity (Wildman–Crippen MR) is 99.8 cm³/mol. The maximum Gasteiger partial charge on any atom is 0.239 e. The van der Waals surface area contributed by atoms with Crippen molar-refractivity contribution in [2.45, 2.75) is 32.2 Å². The number of benzene rings is 1. The number of carbonyl (C=O) groups excluding carboxylic acids is 1. The molecule has 1 saturated heterocycles. The zero-order valence-corrected chi connectivity index (χ0v) is 15.2. The fourth-order valence-electron chi connectivity index (χ4n) is 3.53. The molecule has 1 fully saturated rings. The zero-order chi connectivity index (χ0) is 14.8. The number of nitrogens with two attached hydrogens (primary N) is 1. The maximum absolute atomic E-state index is 11.9. The van der Waals surface area contributed by atoms with Crippen LogP contribution in [-0.2, 0) is 11.2 Å². The molecule has 1 atom stereocenters. The number of amides is 1. The van der Waals surface area contributed by atoms with E-state index in [0.29, 0.717) is 5.92 Å². The number of para-hydroxylation sites is 1. The highest BCUT2D eigenvalue weighted by Gasteiger charge is 2.27. The van der Waals surface area contributed by atoms with Crippen molar-refractivity contribution in [3.63, 3.8) is 0 Å². The Morgan fingerprint density at radius 3 is 2.52 bits per heavy atom. The van der Waals surface area contributed by atoms with Gasteiger partial charge in [0.25, 0.3) is 0 Å². The van der Waals surface area contributed by atoms with Gasteiger partial charge >= 0.3 is 0 Å². The second kappa shape index (κ2) is 8.76. The SMILES string of the molecule is C[C@@H](N)C(=O)N1CCC(CN2CCc3ccccc32)CC1.Cl.Cl. The number of piperidine rings is 1. The summed E-state index contributed by atoms with van der Waals surface area (Å²) in [6.45, 7) is 5.76. The van der Waals surface area contributed by atoms with E-state index in [-0.39, 0.29) is 36.8 Å². The largest absolute Gasteiger partial charge is 0.371 e. The molecular weight excluding hydrogens is 333 g/mol. The van der Waals surface area contributed by atoms with Crippen molar-refractivity contribution >= 4 is 36.4 Å². The first-order valence-electron chi connectivity index (χ1n) is 8.02. The Labute approximate surface area is 151 Å². The van der Waals surface area contributed by atoms with E-state index < -0.39 is 0 Å². The van der Waals surface area contributed by atoms with E-state index in [1.807, 2.05) is 4.90 Å². The highest BCUT2D eigenvalue weighted by Crippen LogP contribution is 2.30. The van der Waals surface area contributed by atoms with E-state index in [0.717, 1.165) is 45.4 Å². The van der Waals surface area contributed by atoms with Gasteiger partial charge in [-0.05, 0) is 43.7 Å². The molecule has 1 amide bonds. The lowest BCUT2D eigenvalue weighted by Crippen LogP contribution is -2.47. The molecule has 23 heavy (non-hydrogen) atoms. The number of likely N-dealkylation sites (tertiary alicyclic amines) is 1. The Balaban J connectivity index is 0.00000132. The van der Waals surface area contributed by atoms with Crippen molar-refractivity contribution in [3.8, 4) is 0 Å². The topological polar surface area (TPSA) is 49.6 Å². The van der Waals surface area contributed by atoms with Gasteiger partial charge in [0.1, 0.15) is 0 Å². The van der Waals surface area contributed by atoms with Crippen LogP contribution in [0.3, 0.4) is 0 Å². The molecule has 6 heteroatoms. The molecule has 0 radical (unpaired) electrons. The average Bonchev–Trinajstić information content (AvgIpc) is 2.91. The molecule has 1 aromatic carbocycles. The number of anilines is 1. The van der Waals surface area contributed by atoms with Gasteiger partial charge in [0.15, 0.2) is 0 Å². The molecule has 1 aromatic rings. The minimum atomic E-state index is -0.369. The number of rotatable bonds is 3. The van der Waals surface area contributed by atoms with Crippen LogP contribution in [0.1, 0.15) is 25.3 Å². The Morgan fingerprint density at radius 1 is 1.22 bits per heavy atom. The van der Waals surface area contributed by atoms with Crippen molar-refractivity contribution in [1.29, 1.82) is 0 Å². The maximum atomic E-state index is 11.9. The molecule has 130 valence electrons. The van der Waals surface area contributed by atoms with Crippen LogP contribution in [0.15, 0.2) is 24.3 Å². The third-order valence-corrected chi connectivity index (χ3v) is 4.78. The smallest absolute Gasteiger partial charge is 0.239 e. The summed E-state index contributed by atoms with van der Waals surface area (Å²) in [5.74, 6) is 0.785. The average molecular weight is 360 g/mol. The van der Waals surface area contributed by atoms with E-state index in [2.05, 4.69) is 29.2 Å². The summed E-state index contributed by atoms with van der Waals surface area (Å²) in [5.41, 5.74) is 8.57. The minimum Gasteiger partial charge on any atom is -0.371 e. The first kappa shape index (κ1) is 20.1. The molecule has 3 rings (SSSR count). The molecule has 2 aliphatic rings. The highest BCUT2D eigenvalue weighted by molar-refractivity contribution is 5.85. The second-order valence-corrected chi connectivity index (χ2v) is 6.38. The molecule has 0 bridgehead atoms. The first-order chi connectivity index (χ1) is 10.1. The van der Waals surface area contributed by atoms with Crippen LogP contribution >= 0.6 is 24.8 Å². The summed E-state index contributed by atoms with van der Waals surface area (Å²) < 4.78 is 0. The summed E-state index contributed by atoms with van der Waals surface area (Å²) in [4.78, 5) is 16.3. The number of halogens is 2. The van der Waals surface area contributed by atoms with Gasteiger partial charge in [-0.25, -0.2) is 0 Å². The molecule has 2 N–H and O–H groups in total. The number of hydrogen-bond acceptors (Lipinski definition) is 3. The molecule has 2 heterocycles. The Bertz CT molecular complexity index is 516. The lowest BCUT2D eigenvalue weighted by atomic mass is 9.95. The van der Waals surface area contributed by atoms with Gasteiger partial charge in [0, 0.05) is 31.9 Å². The van der Waals surface area contributed by atoms with Crippen LogP contribution in [-0.4, -0.2) is 43.0 Å². The van der Waals surface area contributed by atoms with Crippen molar-refractivity contribution in [2.24, 2.45) is 11.7 Å². The third kappa shape index (κ3) is 4.52. The second-order valence-electron chi connectivity index (χ2n) is 6.38. The Morgan fingerprint density at radius 2 is 1.87 bits per heavy atom. The van der Waals surface area contributed by atoms with Crippen LogP contribution < -0.4 is 10.6 Å². The number of hydrogen-bond donors (Lipinski definition) is 1. The summed E-state index contributed by atoms with van der Waals surface area (Å²) in [6, 6.07) is 8.35. The van der Waals surface area contributed by atoms with E-state index in [4.69, 9.17) is 5.73 Å². The van der Waals surface area contributed by atoms with Gasteiger partial charge in [-0.15, -0.1) is 24.8 Å². The van der Waals surface area contributed by atoms with Gasteiger partial charge in [0.05, 0.1) is 6.04 Å². The molecule has 0 aromatic heterocycles. The molecule has 4 nitrogen and oxygen atoms in total. The number of carbonyl (C=O) groups is 1.